The molecule has 0 aromatic heterocycles. The monoisotopic (exact) mass is 340 g/mol. The van der Waals surface area contributed by atoms with Gasteiger partial charge in [-0.3, -0.25) is 0 Å². The molecule has 0 aliphatic heterocycles. The fourth-order valence-corrected chi connectivity index (χ4v) is 2.31. The molecule has 0 fully saturated rings. The van der Waals surface area contributed by atoms with E-state index in [0.717, 1.165) is 24.0 Å². The normalized spacial score (nSPS) is 13.6. The third kappa shape index (κ3) is 11.0. The molecule has 0 heterocycles. The zero-order valence-electron chi connectivity index (χ0n) is 16.8. The van der Waals surface area contributed by atoms with Gasteiger partial charge >= 0.3 is 5.97 Å². The van der Waals surface area contributed by atoms with E-state index in [0.29, 0.717) is 5.92 Å². The third-order valence-corrected chi connectivity index (χ3v) is 3.78. The van der Waals surface area contributed by atoms with Crippen molar-refractivity contribution >= 4 is 5.97 Å². The molecule has 0 radical (unpaired) electrons. The van der Waals surface area contributed by atoms with Gasteiger partial charge in [-0.25, -0.2) is 4.79 Å². The van der Waals surface area contributed by atoms with Crippen LogP contribution in [0, 0.1) is 17.8 Å². The van der Waals surface area contributed by atoms with Crippen molar-refractivity contribution < 1.29 is 9.53 Å². The van der Waals surface area contributed by atoms with Crippen LogP contribution in [0.5, 0.6) is 0 Å². The molecule has 1 atom stereocenters. The fraction of sp³-hybridized carbons (Fsp3) is 0.435. The van der Waals surface area contributed by atoms with Crippen molar-refractivity contribution in [2.75, 3.05) is 7.11 Å². The Kier molecular flexibility index (Phi) is 11.9. The molecular formula is C23H32O2. The number of carbonyl (C=O) groups is 1. The predicted octanol–water partition coefficient (Wildman–Crippen LogP) is 5.94. The van der Waals surface area contributed by atoms with Gasteiger partial charge in [0, 0.05) is 12.5 Å². The molecule has 0 spiro atoms. The highest BCUT2D eigenvalue weighted by molar-refractivity contribution is 5.83. The SMILES string of the molecule is CC#CCCC(C)C(/C=C/C(C)=C/C=C/C(C)=C\C(=O)OC)=C(C)C. The second-order valence-corrected chi connectivity index (χ2v) is 6.34. The van der Waals surface area contributed by atoms with Crippen LogP contribution in [0.2, 0.25) is 0 Å². The van der Waals surface area contributed by atoms with E-state index in [2.05, 4.69) is 56.4 Å². The number of rotatable bonds is 8. The van der Waals surface area contributed by atoms with Gasteiger partial charge in [-0.2, -0.15) is 0 Å². The fourth-order valence-electron chi connectivity index (χ4n) is 2.31. The number of hydrogen-bond donors (Lipinski definition) is 0. The molecule has 0 saturated heterocycles. The third-order valence-electron chi connectivity index (χ3n) is 3.78. The second-order valence-electron chi connectivity index (χ2n) is 6.34. The quantitative estimate of drug-likeness (QED) is 0.236. The topological polar surface area (TPSA) is 26.3 Å². The van der Waals surface area contributed by atoms with Gasteiger partial charge in [-0.05, 0) is 58.1 Å². The van der Waals surface area contributed by atoms with Crippen LogP contribution in [0.25, 0.3) is 0 Å². The van der Waals surface area contributed by atoms with E-state index >= 15 is 0 Å². The summed E-state index contributed by atoms with van der Waals surface area (Å²) in [5, 5.41) is 0. The number of allylic oxidation sites excluding steroid dienone is 9. The second kappa shape index (κ2) is 13.1. The average Bonchev–Trinajstić information content (AvgIpc) is 2.54. The van der Waals surface area contributed by atoms with Crippen molar-refractivity contribution in [3.63, 3.8) is 0 Å². The van der Waals surface area contributed by atoms with Crippen LogP contribution in [0.1, 0.15) is 54.4 Å². The van der Waals surface area contributed by atoms with Crippen molar-refractivity contribution in [1.82, 2.24) is 0 Å². The van der Waals surface area contributed by atoms with Gasteiger partial charge in [0.2, 0.25) is 0 Å². The van der Waals surface area contributed by atoms with Crippen LogP contribution in [0.4, 0.5) is 0 Å². The Morgan fingerprint density at radius 2 is 1.76 bits per heavy atom. The largest absolute Gasteiger partial charge is 0.466 e. The first kappa shape index (κ1) is 22.7. The van der Waals surface area contributed by atoms with Crippen LogP contribution in [-0.2, 0) is 9.53 Å². The van der Waals surface area contributed by atoms with Crippen LogP contribution in [0.3, 0.4) is 0 Å². The molecule has 0 amide bonds. The first-order valence-corrected chi connectivity index (χ1v) is 8.68. The number of hydrogen-bond acceptors (Lipinski definition) is 2. The Labute approximate surface area is 154 Å². The lowest BCUT2D eigenvalue weighted by Crippen LogP contribution is -1.99. The minimum absolute atomic E-state index is 0.335. The van der Waals surface area contributed by atoms with E-state index in [-0.39, 0.29) is 5.97 Å². The van der Waals surface area contributed by atoms with Crippen LogP contribution in [0.15, 0.2) is 58.7 Å². The highest BCUT2D eigenvalue weighted by Gasteiger charge is 2.06. The van der Waals surface area contributed by atoms with E-state index in [4.69, 9.17) is 0 Å². The molecule has 0 aromatic rings. The van der Waals surface area contributed by atoms with Crippen molar-refractivity contribution in [3.05, 3.63) is 58.7 Å². The Hall–Kier alpha value is -2.27. The smallest absolute Gasteiger partial charge is 0.330 e. The lowest BCUT2D eigenvalue weighted by Gasteiger charge is -2.13. The van der Waals surface area contributed by atoms with Crippen molar-refractivity contribution in [1.29, 1.82) is 0 Å². The van der Waals surface area contributed by atoms with E-state index in [9.17, 15) is 4.79 Å². The highest BCUT2D eigenvalue weighted by Crippen LogP contribution is 2.22. The maximum atomic E-state index is 11.1. The molecule has 0 rings (SSSR count). The van der Waals surface area contributed by atoms with E-state index in [1.807, 2.05) is 32.1 Å². The Balaban J connectivity index is 4.94. The van der Waals surface area contributed by atoms with Crippen molar-refractivity contribution in [2.45, 2.75) is 54.4 Å². The summed E-state index contributed by atoms with van der Waals surface area (Å²) in [5.41, 5.74) is 4.72. The molecule has 0 aliphatic carbocycles. The van der Waals surface area contributed by atoms with Crippen LogP contribution in [-0.4, -0.2) is 13.1 Å². The average molecular weight is 341 g/mol. The molecule has 2 nitrogen and oxygen atoms in total. The molecule has 0 saturated carbocycles. The summed E-state index contributed by atoms with van der Waals surface area (Å²) in [7, 11) is 1.38. The molecule has 2 heteroatoms. The number of esters is 1. The van der Waals surface area contributed by atoms with Crippen LogP contribution >= 0.6 is 0 Å². The summed E-state index contributed by atoms with van der Waals surface area (Å²) < 4.78 is 4.60. The van der Waals surface area contributed by atoms with Crippen molar-refractivity contribution in [2.24, 2.45) is 5.92 Å². The Morgan fingerprint density at radius 1 is 1.08 bits per heavy atom. The molecule has 0 aliphatic rings. The van der Waals surface area contributed by atoms with Gasteiger partial charge in [0.15, 0.2) is 0 Å². The maximum absolute atomic E-state index is 11.1. The maximum Gasteiger partial charge on any atom is 0.330 e. The highest BCUT2D eigenvalue weighted by atomic mass is 16.5. The molecule has 136 valence electrons. The zero-order valence-corrected chi connectivity index (χ0v) is 16.8. The van der Waals surface area contributed by atoms with E-state index < -0.39 is 0 Å². The van der Waals surface area contributed by atoms with E-state index in [1.165, 1.54) is 24.3 Å². The lowest BCUT2D eigenvalue weighted by atomic mass is 9.92. The summed E-state index contributed by atoms with van der Waals surface area (Å²) in [4.78, 5) is 11.1. The Bertz CT molecular complexity index is 639. The van der Waals surface area contributed by atoms with E-state index in [1.54, 1.807) is 0 Å². The number of ether oxygens (including phenoxy) is 1. The van der Waals surface area contributed by atoms with Crippen molar-refractivity contribution in [3.8, 4) is 11.8 Å². The zero-order chi connectivity index (χ0) is 19.2. The molecule has 0 aromatic carbocycles. The standard InChI is InChI=1S/C23H32O2/c1-8-9-10-14-21(6)22(18(2)3)16-15-19(4)12-11-13-20(5)17-23(24)25-7/h11-13,15-17,21H,10,14H2,1-7H3/b13-11+,16-15+,19-12+,20-17-. The molecule has 25 heavy (non-hydrogen) atoms. The minimum Gasteiger partial charge on any atom is -0.466 e. The first-order valence-electron chi connectivity index (χ1n) is 8.68. The summed E-state index contributed by atoms with van der Waals surface area (Å²) in [6.45, 7) is 12.4. The van der Waals surface area contributed by atoms with Gasteiger partial charge in [0.05, 0.1) is 7.11 Å². The van der Waals surface area contributed by atoms with Gasteiger partial charge in [0.1, 0.15) is 0 Å². The summed E-state index contributed by atoms with van der Waals surface area (Å²) in [6, 6.07) is 0. The lowest BCUT2D eigenvalue weighted by molar-refractivity contribution is -0.134. The molecular weight excluding hydrogens is 308 g/mol. The summed E-state index contributed by atoms with van der Waals surface area (Å²) in [6.07, 6.45) is 13.7. The molecule has 1 unspecified atom stereocenters. The predicted molar refractivity (Wildman–Crippen MR) is 108 cm³/mol. The van der Waals surface area contributed by atoms with Gasteiger partial charge < -0.3 is 4.74 Å². The molecule has 0 bridgehead atoms. The number of methoxy groups -OCH3 is 1. The number of carbonyl (C=O) groups excluding carboxylic acids is 1. The van der Waals surface area contributed by atoms with Crippen LogP contribution < -0.4 is 0 Å². The Morgan fingerprint density at radius 3 is 2.32 bits per heavy atom. The summed E-state index contributed by atoms with van der Waals surface area (Å²) in [5.74, 6) is 6.25. The summed E-state index contributed by atoms with van der Waals surface area (Å²) >= 11 is 0. The van der Waals surface area contributed by atoms with Gasteiger partial charge in [0.25, 0.3) is 0 Å². The minimum atomic E-state index is -0.335. The first-order chi connectivity index (χ1) is 11.8. The van der Waals surface area contributed by atoms with Gasteiger partial charge in [-0.15, -0.1) is 11.8 Å². The van der Waals surface area contributed by atoms with Gasteiger partial charge in [-0.1, -0.05) is 48.5 Å². The molecule has 0 N–H and O–H groups in total.